The third kappa shape index (κ3) is 1.39. The Morgan fingerprint density at radius 3 is 2.93 bits per heavy atom. The van der Waals surface area contributed by atoms with E-state index < -0.39 is 5.97 Å². The average Bonchev–Trinajstić information content (AvgIpc) is 2.52. The first kappa shape index (κ1) is 9.45. The molecule has 0 fully saturated rings. The predicted molar refractivity (Wildman–Crippen MR) is 53.5 cm³/mol. The van der Waals surface area contributed by atoms with E-state index in [1.807, 2.05) is 6.92 Å². The second-order valence-corrected chi connectivity index (χ2v) is 3.08. The minimum absolute atomic E-state index is 0.125. The number of rotatable bonds is 1. The summed E-state index contributed by atoms with van der Waals surface area (Å²) in [5.41, 5.74) is 7.07. The van der Waals surface area contributed by atoms with Gasteiger partial charge in [-0.1, -0.05) is 0 Å². The van der Waals surface area contributed by atoms with Crippen molar-refractivity contribution < 1.29 is 9.53 Å². The number of hydrogen-bond acceptors (Lipinski definition) is 5. The van der Waals surface area contributed by atoms with Crippen molar-refractivity contribution in [3.8, 4) is 0 Å². The minimum atomic E-state index is -0.543. The Bertz CT molecular complexity index is 532. The summed E-state index contributed by atoms with van der Waals surface area (Å²) in [6.07, 6.45) is 0. The van der Waals surface area contributed by atoms with Crippen molar-refractivity contribution in [3.63, 3.8) is 0 Å². The summed E-state index contributed by atoms with van der Waals surface area (Å²) in [6, 6.07) is 3.54. The van der Waals surface area contributed by atoms with Crippen molar-refractivity contribution in [2.75, 3.05) is 12.8 Å². The van der Waals surface area contributed by atoms with Gasteiger partial charge < -0.3 is 10.5 Å². The number of aryl methyl sites for hydroxylation is 1. The zero-order valence-corrected chi connectivity index (χ0v) is 8.39. The number of carbonyl (C=O) groups is 1. The van der Waals surface area contributed by atoms with Crippen LogP contribution in [0.15, 0.2) is 12.1 Å². The van der Waals surface area contributed by atoms with Crippen molar-refractivity contribution in [1.82, 2.24) is 14.6 Å². The summed E-state index contributed by atoms with van der Waals surface area (Å²) in [5.74, 6) is -0.418. The van der Waals surface area contributed by atoms with Gasteiger partial charge in [-0.25, -0.2) is 14.3 Å². The largest absolute Gasteiger partial charge is 0.464 e. The van der Waals surface area contributed by atoms with Crippen LogP contribution in [0.4, 0.5) is 5.82 Å². The second-order valence-electron chi connectivity index (χ2n) is 3.08. The van der Waals surface area contributed by atoms with Crippen LogP contribution in [-0.4, -0.2) is 27.7 Å². The van der Waals surface area contributed by atoms with Crippen LogP contribution in [-0.2, 0) is 4.74 Å². The maximum absolute atomic E-state index is 11.4. The molecule has 78 valence electrons. The molecule has 0 aliphatic carbocycles. The molecule has 0 unspecified atom stereocenters. The summed E-state index contributed by atoms with van der Waals surface area (Å²) in [6.45, 7) is 1.82. The Hall–Kier alpha value is -2.11. The van der Waals surface area contributed by atoms with E-state index in [9.17, 15) is 4.79 Å². The smallest absolute Gasteiger partial charge is 0.360 e. The highest BCUT2D eigenvalue weighted by molar-refractivity contribution is 5.93. The first-order valence-corrected chi connectivity index (χ1v) is 4.33. The molecular formula is C9H10N4O2. The number of hydrogen-bond donors (Lipinski definition) is 1. The number of ether oxygens (including phenoxy) is 1. The van der Waals surface area contributed by atoms with Crippen LogP contribution in [0.2, 0.25) is 0 Å². The molecule has 0 bridgehead atoms. The van der Waals surface area contributed by atoms with E-state index in [1.54, 1.807) is 12.1 Å². The lowest BCUT2D eigenvalue weighted by Gasteiger charge is -1.99. The van der Waals surface area contributed by atoms with Crippen molar-refractivity contribution in [2.45, 2.75) is 6.92 Å². The molecule has 2 aromatic heterocycles. The molecular weight excluding hydrogens is 196 g/mol. The number of methoxy groups -OCH3 is 1. The Morgan fingerprint density at radius 2 is 2.27 bits per heavy atom. The monoisotopic (exact) mass is 206 g/mol. The van der Waals surface area contributed by atoms with E-state index in [0.29, 0.717) is 5.65 Å². The predicted octanol–water partition coefficient (Wildman–Crippen LogP) is 0.407. The standard InChI is InChI=1S/C9H10N4O2/c1-5-3-4-6-11-8(10)7(9(14)15-2)13(6)12-5/h3-4H,10H2,1-2H3. The first-order chi connectivity index (χ1) is 7.13. The maximum atomic E-state index is 11.4. The molecule has 6 heteroatoms. The summed E-state index contributed by atoms with van der Waals surface area (Å²) in [4.78, 5) is 15.4. The SMILES string of the molecule is COC(=O)c1c(N)nc2ccc(C)nn12. The third-order valence-electron chi connectivity index (χ3n) is 2.02. The highest BCUT2D eigenvalue weighted by Crippen LogP contribution is 2.14. The molecule has 0 saturated carbocycles. The van der Waals surface area contributed by atoms with Gasteiger partial charge in [0.2, 0.25) is 0 Å². The molecule has 0 aromatic carbocycles. The van der Waals surface area contributed by atoms with Crippen LogP contribution >= 0.6 is 0 Å². The third-order valence-corrected chi connectivity index (χ3v) is 2.02. The summed E-state index contributed by atoms with van der Waals surface area (Å²) < 4.78 is 5.99. The summed E-state index contributed by atoms with van der Waals surface area (Å²) in [7, 11) is 1.29. The van der Waals surface area contributed by atoms with E-state index in [4.69, 9.17) is 5.73 Å². The van der Waals surface area contributed by atoms with Gasteiger partial charge in [0.05, 0.1) is 12.8 Å². The van der Waals surface area contributed by atoms with E-state index in [0.717, 1.165) is 5.69 Å². The molecule has 0 saturated heterocycles. The normalized spacial score (nSPS) is 10.5. The second kappa shape index (κ2) is 3.23. The molecule has 15 heavy (non-hydrogen) atoms. The van der Waals surface area contributed by atoms with Gasteiger partial charge in [0.15, 0.2) is 17.2 Å². The van der Waals surface area contributed by atoms with Crippen molar-refractivity contribution >= 4 is 17.4 Å². The molecule has 2 aromatic rings. The van der Waals surface area contributed by atoms with Crippen LogP contribution < -0.4 is 5.73 Å². The minimum Gasteiger partial charge on any atom is -0.464 e. The highest BCUT2D eigenvalue weighted by atomic mass is 16.5. The maximum Gasteiger partial charge on any atom is 0.360 e. The number of nitrogens with two attached hydrogens (primary N) is 1. The van der Waals surface area contributed by atoms with Gasteiger partial charge in [-0.2, -0.15) is 5.10 Å². The molecule has 0 spiro atoms. The highest BCUT2D eigenvalue weighted by Gasteiger charge is 2.18. The van der Waals surface area contributed by atoms with Crippen LogP contribution in [0.5, 0.6) is 0 Å². The molecule has 0 aliphatic heterocycles. The fourth-order valence-corrected chi connectivity index (χ4v) is 1.33. The van der Waals surface area contributed by atoms with Crippen molar-refractivity contribution in [3.05, 3.63) is 23.5 Å². The zero-order valence-electron chi connectivity index (χ0n) is 8.39. The van der Waals surface area contributed by atoms with Gasteiger partial charge in [0, 0.05) is 0 Å². The molecule has 2 rings (SSSR count). The quantitative estimate of drug-likeness (QED) is 0.683. The first-order valence-electron chi connectivity index (χ1n) is 4.33. The van der Waals surface area contributed by atoms with Gasteiger partial charge in [0.1, 0.15) is 0 Å². The number of nitrogens with zero attached hydrogens (tertiary/aromatic N) is 3. The van der Waals surface area contributed by atoms with Gasteiger partial charge in [-0.15, -0.1) is 0 Å². The lowest BCUT2D eigenvalue weighted by atomic mass is 10.4. The average molecular weight is 206 g/mol. The van der Waals surface area contributed by atoms with Crippen molar-refractivity contribution in [2.24, 2.45) is 0 Å². The number of anilines is 1. The van der Waals surface area contributed by atoms with E-state index >= 15 is 0 Å². The molecule has 0 amide bonds. The Kier molecular flexibility index (Phi) is 2.03. The molecule has 6 nitrogen and oxygen atoms in total. The lowest BCUT2D eigenvalue weighted by molar-refractivity contribution is 0.0592. The molecule has 2 heterocycles. The van der Waals surface area contributed by atoms with Crippen LogP contribution in [0.1, 0.15) is 16.2 Å². The summed E-state index contributed by atoms with van der Waals surface area (Å²) in [5, 5.41) is 4.14. The number of imidazole rings is 1. The fourth-order valence-electron chi connectivity index (χ4n) is 1.33. The van der Waals surface area contributed by atoms with Gasteiger partial charge in [-0.3, -0.25) is 0 Å². The molecule has 2 N–H and O–H groups in total. The number of nitrogen functional groups attached to an aromatic ring is 1. The fraction of sp³-hybridized carbons (Fsp3) is 0.222. The van der Waals surface area contributed by atoms with Crippen LogP contribution in [0, 0.1) is 6.92 Å². The lowest BCUT2D eigenvalue weighted by Crippen LogP contribution is -2.10. The Balaban J connectivity index is 2.76. The van der Waals surface area contributed by atoms with Crippen molar-refractivity contribution in [1.29, 1.82) is 0 Å². The van der Waals surface area contributed by atoms with E-state index in [2.05, 4.69) is 14.8 Å². The summed E-state index contributed by atoms with van der Waals surface area (Å²) >= 11 is 0. The number of aromatic nitrogens is 3. The Morgan fingerprint density at radius 1 is 1.53 bits per heavy atom. The van der Waals surface area contributed by atoms with Crippen LogP contribution in [0.3, 0.4) is 0 Å². The van der Waals surface area contributed by atoms with Gasteiger partial charge in [-0.05, 0) is 19.1 Å². The number of esters is 1. The molecule has 0 atom stereocenters. The number of fused-ring (bicyclic) bond motifs is 1. The molecule has 0 aliphatic rings. The van der Waals surface area contributed by atoms with Gasteiger partial charge >= 0.3 is 5.97 Å². The Labute approximate surface area is 85.7 Å². The zero-order chi connectivity index (χ0) is 11.0. The van der Waals surface area contributed by atoms with E-state index in [-0.39, 0.29) is 11.5 Å². The number of carbonyl (C=O) groups excluding carboxylic acids is 1. The molecule has 0 radical (unpaired) electrons. The topological polar surface area (TPSA) is 82.5 Å². The van der Waals surface area contributed by atoms with Gasteiger partial charge in [0.25, 0.3) is 0 Å². The van der Waals surface area contributed by atoms with Crippen LogP contribution in [0.25, 0.3) is 5.65 Å². The van der Waals surface area contributed by atoms with E-state index in [1.165, 1.54) is 11.6 Å².